The van der Waals surface area contributed by atoms with Crippen molar-refractivity contribution in [3.63, 3.8) is 0 Å². The molecule has 0 unspecified atom stereocenters. The van der Waals surface area contributed by atoms with Crippen LogP contribution in [0.2, 0.25) is 0 Å². The maximum atomic E-state index is 12.9. The van der Waals surface area contributed by atoms with Crippen LogP contribution in [0.1, 0.15) is 67.7 Å². The SMILES string of the molecule is CCCCCc1nn(CCCC)c(=O)n1Cc1ccc(-c2ccccc2C(=O)O)cc1. The lowest BCUT2D eigenvalue weighted by Crippen LogP contribution is -2.26. The standard InChI is InChI=1S/C25H31N3O3/c1-3-5-7-12-23-26-28(17-6-4-2)25(31)27(23)18-19-13-15-20(16-14-19)21-10-8-9-11-22(21)24(29)30/h8-11,13-16H,3-7,12,17-18H2,1-2H3,(H,29,30). The molecule has 6 nitrogen and oxygen atoms in total. The fraction of sp³-hybridized carbons (Fsp3) is 0.400. The second-order valence-corrected chi connectivity index (χ2v) is 7.87. The molecule has 2 aromatic carbocycles. The highest BCUT2D eigenvalue weighted by Gasteiger charge is 2.14. The van der Waals surface area contributed by atoms with Crippen molar-refractivity contribution in [3.8, 4) is 11.1 Å². The van der Waals surface area contributed by atoms with Crippen molar-refractivity contribution in [2.24, 2.45) is 0 Å². The monoisotopic (exact) mass is 421 g/mol. The minimum atomic E-state index is -0.942. The Balaban J connectivity index is 1.86. The quantitative estimate of drug-likeness (QED) is 0.443. The fourth-order valence-electron chi connectivity index (χ4n) is 3.71. The van der Waals surface area contributed by atoms with Crippen LogP contribution >= 0.6 is 0 Å². The van der Waals surface area contributed by atoms with Crippen LogP contribution in [0.25, 0.3) is 11.1 Å². The van der Waals surface area contributed by atoms with Gasteiger partial charge in [0.05, 0.1) is 12.1 Å². The molecular weight excluding hydrogens is 390 g/mol. The van der Waals surface area contributed by atoms with Gasteiger partial charge in [-0.1, -0.05) is 75.6 Å². The van der Waals surface area contributed by atoms with E-state index in [0.717, 1.165) is 55.5 Å². The Hall–Kier alpha value is -3.15. The Kier molecular flexibility index (Phi) is 7.82. The maximum absolute atomic E-state index is 12.9. The van der Waals surface area contributed by atoms with E-state index < -0.39 is 5.97 Å². The number of aryl methyl sites for hydroxylation is 2. The van der Waals surface area contributed by atoms with Gasteiger partial charge in [-0.15, -0.1) is 0 Å². The molecule has 1 aromatic heterocycles. The summed E-state index contributed by atoms with van der Waals surface area (Å²) >= 11 is 0. The molecule has 0 aliphatic heterocycles. The molecule has 1 N–H and O–H groups in total. The molecule has 6 heteroatoms. The normalized spacial score (nSPS) is 11.0. The predicted molar refractivity (Wildman–Crippen MR) is 123 cm³/mol. The Morgan fingerprint density at radius 3 is 2.35 bits per heavy atom. The lowest BCUT2D eigenvalue weighted by atomic mass is 9.99. The van der Waals surface area contributed by atoms with Gasteiger partial charge in [0.15, 0.2) is 0 Å². The minimum Gasteiger partial charge on any atom is -0.478 e. The van der Waals surface area contributed by atoms with E-state index in [1.165, 1.54) is 0 Å². The zero-order chi connectivity index (χ0) is 22.2. The number of aromatic carboxylic acids is 1. The van der Waals surface area contributed by atoms with Gasteiger partial charge in [-0.05, 0) is 35.6 Å². The summed E-state index contributed by atoms with van der Waals surface area (Å²) in [6, 6.07) is 14.7. The van der Waals surface area contributed by atoms with Gasteiger partial charge in [-0.25, -0.2) is 14.3 Å². The van der Waals surface area contributed by atoms with E-state index in [4.69, 9.17) is 0 Å². The van der Waals surface area contributed by atoms with Gasteiger partial charge in [-0.3, -0.25) is 4.57 Å². The van der Waals surface area contributed by atoms with Gasteiger partial charge in [0.1, 0.15) is 5.82 Å². The average molecular weight is 422 g/mol. The third kappa shape index (κ3) is 5.51. The van der Waals surface area contributed by atoms with Crippen molar-refractivity contribution in [2.75, 3.05) is 0 Å². The first-order valence-electron chi connectivity index (χ1n) is 11.1. The molecule has 0 bridgehead atoms. The molecule has 3 rings (SSSR count). The summed E-state index contributed by atoms with van der Waals surface area (Å²) in [5.74, 6) is -0.0997. The van der Waals surface area contributed by atoms with Gasteiger partial charge in [0.25, 0.3) is 0 Å². The van der Waals surface area contributed by atoms with Crippen molar-refractivity contribution in [3.05, 3.63) is 76.0 Å². The van der Waals surface area contributed by atoms with E-state index >= 15 is 0 Å². The van der Waals surface area contributed by atoms with Crippen molar-refractivity contribution in [1.82, 2.24) is 14.3 Å². The smallest absolute Gasteiger partial charge is 0.346 e. The van der Waals surface area contributed by atoms with Crippen LogP contribution in [0.5, 0.6) is 0 Å². The first-order valence-corrected chi connectivity index (χ1v) is 11.1. The second kappa shape index (κ2) is 10.8. The lowest BCUT2D eigenvalue weighted by molar-refractivity contribution is 0.0697. The molecule has 0 aliphatic carbocycles. The fourth-order valence-corrected chi connectivity index (χ4v) is 3.71. The van der Waals surface area contributed by atoms with Gasteiger partial charge in [-0.2, -0.15) is 5.10 Å². The van der Waals surface area contributed by atoms with Crippen LogP contribution < -0.4 is 5.69 Å². The van der Waals surface area contributed by atoms with Crippen molar-refractivity contribution in [2.45, 2.75) is 65.5 Å². The predicted octanol–water partition coefficient (Wildman–Crippen LogP) is 4.99. The zero-order valence-corrected chi connectivity index (χ0v) is 18.4. The number of nitrogens with zero attached hydrogens (tertiary/aromatic N) is 3. The largest absolute Gasteiger partial charge is 0.478 e. The van der Waals surface area contributed by atoms with Crippen molar-refractivity contribution >= 4 is 5.97 Å². The average Bonchev–Trinajstić information content (AvgIpc) is 3.07. The molecule has 0 saturated carbocycles. The van der Waals surface area contributed by atoms with E-state index in [2.05, 4.69) is 18.9 Å². The van der Waals surface area contributed by atoms with Gasteiger partial charge in [0.2, 0.25) is 0 Å². The van der Waals surface area contributed by atoms with Crippen LogP contribution in [0.15, 0.2) is 53.3 Å². The van der Waals surface area contributed by atoms with E-state index in [1.54, 1.807) is 21.4 Å². The first kappa shape index (κ1) is 22.5. The zero-order valence-electron chi connectivity index (χ0n) is 18.4. The molecule has 0 amide bonds. The van der Waals surface area contributed by atoms with Crippen molar-refractivity contribution in [1.29, 1.82) is 0 Å². The van der Waals surface area contributed by atoms with E-state index in [0.29, 0.717) is 18.7 Å². The number of rotatable bonds is 11. The molecule has 31 heavy (non-hydrogen) atoms. The third-order valence-corrected chi connectivity index (χ3v) is 5.49. The summed E-state index contributed by atoms with van der Waals surface area (Å²) in [5, 5.41) is 14.1. The number of hydrogen-bond acceptors (Lipinski definition) is 3. The lowest BCUT2D eigenvalue weighted by Gasteiger charge is -2.09. The molecule has 0 atom stereocenters. The van der Waals surface area contributed by atoms with E-state index in [-0.39, 0.29) is 11.3 Å². The summed E-state index contributed by atoms with van der Waals surface area (Å²) < 4.78 is 3.38. The molecule has 1 heterocycles. The third-order valence-electron chi connectivity index (χ3n) is 5.49. The highest BCUT2D eigenvalue weighted by molar-refractivity contribution is 5.95. The number of aromatic nitrogens is 3. The summed E-state index contributed by atoms with van der Waals surface area (Å²) in [5.41, 5.74) is 2.75. The Labute approximate surface area is 183 Å². The van der Waals surface area contributed by atoms with Crippen LogP contribution in [-0.2, 0) is 19.5 Å². The van der Waals surface area contributed by atoms with E-state index in [1.807, 2.05) is 36.4 Å². The molecule has 0 fully saturated rings. The number of carboxylic acids is 1. The highest BCUT2D eigenvalue weighted by atomic mass is 16.4. The number of unbranched alkanes of at least 4 members (excludes halogenated alkanes) is 3. The van der Waals surface area contributed by atoms with Crippen LogP contribution in [0.3, 0.4) is 0 Å². The minimum absolute atomic E-state index is 0.0553. The molecule has 0 aliphatic rings. The molecule has 3 aromatic rings. The molecular formula is C25H31N3O3. The molecule has 0 saturated heterocycles. The summed E-state index contributed by atoms with van der Waals surface area (Å²) in [4.78, 5) is 24.5. The van der Waals surface area contributed by atoms with Crippen LogP contribution in [-0.4, -0.2) is 25.4 Å². The van der Waals surface area contributed by atoms with Gasteiger partial charge in [0, 0.05) is 13.0 Å². The first-order chi connectivity index (χ1) is 15.0. The van der Waals surface area contributed by atoms with E-state index in [9.17, 15) is 14.7 Å². The Morgan fingerprint density at radius 2 is 1.68 bits per heavy atom. The highest BCUT2D eigenvalue weighted by Crippen LogP contribution is 2.24. The van der Waals surface area contributed by atoms with Crippen LogP contribution in [0, 0.1) is 0 Å². The summed E-state index contributed by atoms with van der Waals surface area (Å²) in [6.45, 7) is 5.38. The topological polar surface area (TPSA) is 77.1 Å². The second-order valence-electron chi connectivity index (χ2n) is 7.87. The maximum Gasteiger partial charge on any atom is 0.346 e. The van der Waals surface area contributed by atoms with Gasteiger partial charge >= 0.3 is 11.7 Å². The number of benzene rings is 2. The number of hydrogen-bond donors (Lipinski definition) is 1. The van der Waals surface area contributed by atoms with Crippen LogP contribution in [0.4, 0.5) is 0 Å². The number of carboxylic acid groups (broad SMARTS) is 1. The molecule has 0 radical (unpaired) electrons. The molecule has 164 valence electrons. The summed E-state index contributed by atoms with van der Waals surface area (Å²) in [7, 11) is 0. The summed E-state index contributed by atoms with van der Waals surface area (Å²) in [6.07, 6.45) is 6.01. The van der Waals surface area contributed by atoms with Gasteiger partial charge < -0.3 is 5.11 Å². The Morgan fingerprint density at radius 1 is 0.968 bits per heavy atom. The van der Waals surface area contributed by atoms with Crippen molar-refractivity contribution < 1.29 is 9.90 Å². The number of carbonyl (C=O) groups is 1. The molecule has 0 spiro atoms. The Bertz CT molecular complexity index is 1060.